The second-order valence-electron chi connectivity index (χ2n) is 4.25. The topological polar surface area (TPSA) is 55.4 Å². The Bertz CT molecular complexity index is 684. The zero-order valence-corrected chi connectivity index (χ0v) is 13.1. The molecule has 1 heterocycles. The van der Waals surface area contributed by atoms with E-state index in [1.807, 2.05) is 17.5 Å². The summed E-state index contributed by atoms with van der Waals surface area (Å²) in [4.78, 5) is 0.991. The Morgan fingerprint density at radius 1 is 1.33 bits per heavy atom. The zero-order valence-electron chi connectivity index (χ0n) is 11.5. The number of ether oxygens (including phenoxy) is 1. The summed E-state index contributed by atoms with van der Waals surface area (Å²) >= 11 is 1.57. The van der Waals surface area contributed by atoms with Crippen molar-refractivity contribution in [3.8, 4) is 5.75 Å². The predicted molar refractivity (Wildman–Crippen MR) is 80.8 cm³/mol. The quantitative estimate of drug-likeness (QED) is 0.850. The lowest BCUT2D eigenvalue weighted by Gasteiger charge is -2.08. The van der Waals surface area contributed by atoms with E-state index in [1.165, 1.54) is 12.1 Å². The molecule has 4 nitrogen and oxygen atoms in total. The minimum atomic E-state index is -3.71. The molecule has 0 saturated heterocycles. The Kier molecular flexibility index (Phi) is 5.33. The van der Waals surface area contributed by atoms with Crippen LogP contribution in [0.1, 0.15) is 11.8 Å². The van der Waals surface area contributed by atoms with Gasteiger partial charge in [-0.05, 0) is 43.0 Å². The lowest BCUT2D eigenvalue weighted by atomic mass is 10.3. The minimum Gasteiger partial charge on any atom is -0.491 e. The summed E-state index contributed by atoms with van der Waals surface area (Å²) in [7, 11) is -3.71. The molecular formula is C14H16FNO3S2. The van der Waals surface area contributed by atoms with Crippen LogP contribution in [0.5, 0.6) is 5.75 Å². The summed E-state index contributed by atoms with van der Waals surface area (Å²) in [6, 6.07) is 7.48. The van der Waals surface area contributed by atoms with Crippen LogP contribution in [0.4, 0.5) is 4.39 Å². The summed E-state index contributed by atoms with van der Waals surface area (Å²) in [5.41, 5.74) is 0. The maximum Gasteiger partial charge on any atom is 0.240 e. The first-order valence-corrected chi connectivity index (χ1v) is 8.83. The van der Waals surface area contributed by atoms with Crippen molar-refractivity contribution in [2.75, 3.05) is 13.2 Å². The first kappa shape index (κ1) is 15.9. The first-order valence-electron chi connectivity index (χ1n) is 6.47. The molecule has 0 bridgehead atoms. The van der Waals surface area contributed by atoms with Gasteiger partial charge in [-0.25, -0.2) is 17.5 Å². The highest BCUT2D eigenvalue weighted by atomic mass is 32.2. The van der Waals surface area contributed by atoms with Gasteiger partial charge in [0, 0.05) is 11.4 Å². The normalized spacial score (nSPS) is 11.5. The fourth-order valence-corrected chi connectivity index (χ4v) is 3.52. The van der Waals surface area contributed by atoms with Gasteiger partial charge in [0.1, 0.15) is 0 Å². The molecule has 1 N–H and O–H groups in total. The Morgan fingerprint density at radius 3 is 2.76 bits per heavy atom. The number of rotatable bonds is 7. The third-order valence-corrected chi connectivity index (χ3v) is 5.15. The molecule has 1 aromatic heterocycles. The van der Waals surface area contributed by atoms with Crippen molar-refractivity contribution < 1.29 is 17.5 Å². The second-order valence-corrected chi connectivity index (χ2v) is 7.05. The van der Waals surface area contributed by atoms with Crippen LogP contribution in [-0.2, 0) is 16.4 Å². The van der Waals surface area contributed by atoms with Gasteiger partial charge in [0.25, 0.3) is 0 Å². The predicted octanol–water partition coefficient (Wildman–Crippen LogP) is 2.81. The SMILES string of the molecule is CCOc1ccc(S(=O)(=O)NCCc2cccs2)cc1F. The fourth-order valence-electron chi connectivity index (χ4n) is 1.77. The van der Waals surface area contributed by atoms with Gasteiger partial charge in [-0.2, -0.15) is 0 Å². The molecule has 0 spiro atoms. The molecule has 0 aliphatic heterocycles. The molecule has 7 heteroatoms. The average Bonchev–Trinajstić information content (AvgIpc) is 2.94. The van der Waals surface area contributed by atoms with Crippen LogP contribution in [-0.4, -0.2) is 21.6 Å². The number of nitrogens with one attached hydrogen (secondary N) is 1. The Hall–Kier alpha value is -1.44. The van der Waals surface area contributed by atoms with Crippen LogP contribution in [0.2, 0.25) is 0 Å². The summed E-state index contributed by atoms with van der Waals surface area (Å²) in [5.74, 6) is -0.631. The fraction of sp³-hybridized carbons (Fsp3) is 0.286. The first-order chi connectivity index (χ1) is 10.0. The minimum absolute atomic E-state index is 0.0510. The molecule has 2 aromatic rings. The van der Waals surface area contributed by atoms with Crippen molar-refractivity contribution in [3.05, 3.63) is 46.4 Å². The largest absolute Gasteiger partial charge is 0.491 e. The van der Waals surface area contributed by atoms with Gasteiger partial charge < -0.3 is 4.74 Å². The lowest BCUT2D eigenvalue weighted by Crippen LogP contribution is -2.26. The summed E-state index contributed by atoms with van der Waals surface area (Å²) in [6.07, 6.45) is 0.608. The molecule has 0 aliphatic carbocycles. The molecule has 0 saturated carbocycles. The Morgan fingerprint density at radius 2 is 2.14 bits per heavy atom. The smallest absolute Gasteiger partial charge is 0.240 e. The van der Waals surface area contributed by atoms with Crippen LogP contribution in [0.3, 0.4) is 0 Å². The van der Waals surface area contributed by atoms with Crippen molar-refractivity contribution in [2.24, 2.45) is 0 Å². The number of sulfonamides is 1. The number of halogens is 1. The maximum atomic E-state index is 13.7. The number of benzene rings is 1. The molecule has 0 aliphatic rings. The van der Waals surface area contributed by atoms with E-state index in [1.54, 1.807) is 18.3 Å². The van der Waals surface area contributed by atoms with Crippen molar-refractivity contribution in [1.82, 2.24) is 4.72 Å². The summed E-state index contributed by atoms with van der Waals surface area (Å²) in [6.45, 7) is 2.33. The second kappa shape index (κ2) is 7.02. The average molecular weight is 329 g/mol. The molecule has 0 radical (unpaired) electrons. The van der Waals surface area contributed by atoms with Crippen LogP contribution >= 0.6 is 11.3 Å². The third-order valence-electron chi connectivity index (χ3n) is 2.76. The van der Waals surface area contributed by atoms with E-state index in [0.717, 1.165) is 10.9 Å². The molecule has 0 fully saturated rings. The van der Waals surface area contributed by atoms with E-state index in [0.29, 0.717) is 13.0 Å². The van der Waals surface area contributed by atoms with Crippen molar-refractivity contribution in [2.45, 2.75) is 18.2 Å². The molecular weight excluding hydrogens is 313 g/mol. The van der Waals surface area contributed by atoms with Crippen molar-refractivity contribution >= 4 is 21.4 Å². The third kappa shape index (κ3) is 4.26. The van der Waals surface area contributed by atoms with Crippen molar-refractivity contribution in [3.63, 3.8) is 0 Å². The maximum absolute atomic E-state index is 13.7. The highest BCUT2D eigenvalue weighted by Gasteiger charge is 2.16. The number of hydrogen-bond donors (Lipinski definition) is 1. The van der Waals surface area contributed by atoms with Gasteiger partial charge in [-0.1, -0.05) is 6.07 Å². The molecule has 0 amide bonds. The summed E-state index contributed by atoms with van der Waals surface area (Å²) in [5, 5.41) is 1.94. The van der Waals surface area contributed by atoms with Crippen molar-refractivity contribution in [1.29, 1.82) is 0 Å². The van der Waals surface area contributed by atoms with Gasteiger partial charge in [0.15, 0.2) is 11.6 Å². The van der Waals surface area contributed by atoms with Gasteiger partial charge in [-0.15, -0.1) is 11.3 Å². The van der Waals surface area contributed by atoms with E-state index in [2.05, 4.69) is 4.72 Å². The van der Waals surface area contributed by atoms with Crippen LogP contribution < -0.4 is 9.46 Å². The van der Waals surface area contributed by atoms with E-state index >= 15 is 0 Å². The lowest BCUT2D eigenvalue weighted by molar-refractivity contribution is 0.321. The van der Waals surface area contributed by atoms with E-state index in [4.69, 9.17) is 4.74 Å². The summed E-state index contributed by atoms with van der Waals surface area (Å²) < 4.78 is 45.3. The highest BCUT2D eigenvalue weighted by Crippen LogP contribution is 2.21. The molecule has 0 unspecified atom stereocenters. The molecule has 2 rings (SSSR count). The highest BCUT2D eigenvalue weighted by molar-refractivity contribution is 7.89. The molecule has 1 aromatic carbocycles. The van der Waals surface area contributed by atoms with E-state index in [-0.39, 0.29) is 17.2 Å². The van der Waals surface area contributed by atoms with Gasteiger partial charge in [-0.3, -0.25) is 0 Å². The Balaban J connectivity index is 2.03. The standard InChI is InChI=1S/C14H16FNO3S2/c1-2-19-14-6-5-12(10-13(14)15)21(17,18)16-8-7-11-4-3-9-20-11/h3-6,9-10,16H,2,7-8H2,1H3. The monoisotopic (exact) mass is 329 g/mol. The van der Waals surface area contributed by atoms with Gasteiger partial charge >= 0.3 is 0 Å². The van der Waals surface area contributed by atoms with Crippen LogP contribution in [0, 0.1) is 5.82 Å². The Labute approximate surface area is 127 Å². The van der Waals surface area contributed by atoms with Gasteiger partial charge in [0.05, 0.1) is 11.5 Å². The number of hydrogen-bond acceptors (Lipinski definition) is 4. The number of thiophene rings is 1. The van der Waals surface area contributed by atoms with Gasteiger partial charge in [0.2, 0.25) is 10.0 Å². The van der Waals surface area contributed by atoms with E-state index in [9.17, 15) is 12.8 Å². The molecule has 114 valence electrons. The van der Waals surface area contributed by atoms with Crippen LogP contribution in [0.15, 0.2) is 40.6 Å². The van der Waals surface area contributed by atoms with E-state index < -0.39 is 15.8 Å². The molecule has 0 atom stereocenters. The molecule has 21 heavy (non-hydrogen) atoms. The zero-order chi connectivity index (χ0) is 15.3. The van der Waals surface area contributed by atoms with Crippen LogP contribution in [0.25, 0.3) is 0 Å².